The minimum absolute atomic E-state index is 1.13. The quantitative estimate of drug-likeness (QED) is 0.332. The highest BCUT2D eigenvalue weighted by Crippen LogP contribution is 2.37. The van der Waals surface area contributed by atoms with E-state index in [9.17, 15) is 0 Å². The maximum absolute atomic E-state index is 3.68. The van der Waals surface area contributed by atoms with Gasteiger partial charge >= 0.3 is 0 Å². The minimum Gasteiger partial charge on any atom is -0.355 e. The van der Waals surface area contributed by atoms with Crippen LogP contribution >= 0.6 is 11.3 Å². The van der Waals surface area contributed by atoms with E-state index in [1.54, 1.807) is 0 Å². The Morgan fingerprint density at radius 1 is 0.786 bits per heavy atom. The fourth-order valence-electron chi connectivity index (χ4n) is 3.95. The first-order valence-corrected chi connectivity index (χ1v) is 10.4. The molecule has 0 radical (unpaired) electrons. The van der Waals surface area contributed by atoms with Crippen molar-refractivity contribution in [1.82, 2.24) is 0 Å². The van der Waals surface area contributed by atoms with Gasteiger partial charge in [0.1, 0.15) is 0 Å². The largest absolute Gasteiger partial charge is 0.355 e. The number of nitrogens with one attached hydrogen (secondary N) is 1. The minimum atomic E-state index is 1.13. The molecular weight excluding hydrogens is 358 g/mol. The van der Waals surface area contributed by atoms with E-state index in [0.29, 0.717) is 0 Å². The number of allylic oxidation sites excluding steroid dienone is 1. The zero-order chi connectivity index (χ0) is 19.1. The molecule has 5 rings (SSSR count). The van der Waals surface area contributed by atoms with Gasteiger partial charge in [-0.2, -0.15) is 0 Å². The number of fused-ring (bicyclic) bond motifs is 4. The van der Waals surface area contributed by atoms with Gasteiger partial charge in [0.25, 0.3) is 0 Å². The molecule has 0 saturated heterocycles. The highest BCUT2D eigenvalue weighted by molar-refractivity contribution is 7.25. The smallest absolute Gasteiger partial charge is 0.0426 e. The molecule has 1 heterocycles. The average molecular weight is 380 g/mol. The molecule has 0 unspecified atom stereocenters. The van der Waals surface area contributed by atoms with Crippen molar-refractivity contribution >= 4 is 59.7 Å². The Morgan fingerprint density at radius 2 is 1.54 bits per heavy atom. The summed E-state index contributed by atoms with van der Waals surface area (Å²) >= 11 is 1.85. The predicted molar refractivity (Wildman–Crippen MR) is 126 cm³/mol. The van der Waals surface area contributed by atoms with Crippen molar-refractivity contribution in [2.24, 2.45) is 0 Å². The summed E-state index contributed by atoms with van der Waals surface area (Å²) in [5.74, 6) is 0. The van der Waals surface area contributed by atoms with Gasteiger partial charge in [0, 0.05) is 31.5 Å². The topological polar surface area (TPSA) is 12.0 Å². The van der Waals surface area contributed by atoms with Crippen LogP contribution in [0.15, 0.2) is 78.9 Å². The summed E-state index contributed by atoms with van der Waals surface area (Å²) in [5, 5.41) is 8.88. The molecule has 4 aromatic carbocycles. The molecule has 0 amide bonds. The number of hydrogen-bond acceptors (Lipinski definition) is 2. The van der Waals surface area contributed by atoms with Gasteiger partial charge in [-0.05, 0) is 66.1 Å². The lowest BCUT2D eigenvalue weighted by atomic mass is 9.97. The Balaban J connectivity index is 1.65. The maximum atomic E-state index is 3.68. The van der Waals surface area contributed by atoms with Gasteiger partial charge in [-0.3, -0.25) is 0 Å². The second kappa shape index (κ2) is 6.81. The van der Waals surface area contributed by atoms with Crippen molar-refractivity contribution in [2.45, 2.75) is 13.8 Å². The highest BCUT2D eigenvalue weighted by Gasteiger charge is 2.10. The van der Waals surface area contributed by atoms with Gasteiger partial charge in [0.15, 0.2) is 0 Å². The van der Waals surface area contributed by atoms with Crippen LogP contribution in [0.1, 0.15) is 18.1 Å². The monoisotopic (exact) mass is 379 g/mol. The van der Waals surface area contributed by atoms with E-state index in [0.717, 1.165) is 11.4 Å². The standard InChI is InChI=1S/C26H21NS/c1-3-8-20-17(2)24(15-18-9-4-5-10-21(18)20)27-19-13-14-26-23(16-19)22-11-6-7-12-25(22)28-26/h3-16,27H,1-2H3/b8-3-. The lowest BCUT2D eigenvalue weighted by Crippen LogP contribution is -1.96. The lowest BCUT2D eigenvalue weighted by Gasteiger charge is -2.15. The molecule has 0 atom stereocenters. The van der Waals surface area contributed by atoms with E-state index in [1.807, 2.05) is 11.3 Å². The summed E-state index contributed by atoms with van der Waals surface area (Å²) in [6, 6.07) is 26.2. The van der Waals surface area contributed by atoms with E-state index in [-0.39, 0.29) is 0 Å². The second-order valence-corrected chi connectivity index (χ2v) is 8.20. The van der Waals surface area contributed by atoms with Crippen LogP contribution < -0.4 is 5.32 Å². The molecule has 0 bridgehead atoms. The van der Waals surface area contributed by atoms with Crippen molar-refractivity contribution < 1.29 is 0 Å². The fourth-order valence-corrected chi connectivity index (χ4v) is 5.04. The molecule has 1 nitrogen and oxygen atoms in total. The third kappa shape index (κ3) is 2.78. The normalized spacial score (nSPS) is 11.8. The summed E-state index contributed by atoms with van der Waals surface area (Å²) in [7, 11) is 0. The zero-order valence-electron chi connectivity index (χ0n) is 16.0. The average Bonchev–Trinajstić information content (AvgIpc) is 3.09. The Morgan fingerprint density at radius 3 is 2.39 bits per heavy atom. The Bertz CT molecular complexity index is 1360. The molecule has 2 heteroatoms. The lowest BCUT2D eigenvalue weighted by molar-refractivity contribution is 1.44. The molecule has 1 N–H and O–H groups in total. The van der Waals surface area contributed by atoms with Gasteiger partial charge in [0.05, 0.1) is 0 Å². The predicted octanol–water partition coefficient (Wildman–Crippen LogP) is 8.29. The Labute approximate surface area is 168 Å². The zero-order valence-corrected chi connectivity index (χ0v) is 16.8. The van der Waals surface area contributed by atoms with Crippen LogP contribution in [0.5, 0.6) is 0 Å². The SMILES string of the molecule is C/C=C\c1c(C)c(Nc2ccc3sc4ccccc4c3c2)cc2ccccc12. The number of thiophene rings is 1. The van der Waals surface area contributed by atoms with Crippen LogP contribution in [0.3, 0.4) is 0 Å². The number of rotatable bonds is 3. The molecule has 0 aliphatic carbocycles. The first-order chi connectivity index (χ1) is 13.7. The maximum Gasteiger partial charge on any atom is 0.0426 e. The van der Waals surface area contributed by atoms with Crippen LogP contribution in [-0.4, -0.2) is 0 Å². The summed E-state index contributed by atoms with van der Waals surface area (Å²) in [6.45, 7) is 4.27. The van der Waals surface area contributed by atoms with Gasteiger partial charge < -0.3 is 5.32 Å². The summed E-state index contributed by atoms with van der Waals surface area (Å²) in [6.07, 6.45) is 4.32. The van der Waals surface area contributed by atoms with Crippen LogP contribution in [0.2, 0.25) is 0 Å². The molecule has 0 spiro atoms. The van der Waals surface area contributed by atoms with Crippen molar-refractivity contribution in [2.75, 3.05) is 5.32 Å². The number of hydrogen-bond donors (Lipinski definition) is 1. The van der Waals surface area contributed by atoms with E-state index in [1.165, 1.54) is 42.1 Å². The molecule has 0 aliphatic heterocycles. The van der Waals surface area contributed by atoms with Gasteiger partial charge in [-0.15, -0.1) is 11.3 Å². The van der Waals surface area contributed by atoms with E-state index >= 15 is 0 Å². The number of benzene rings is 4. The fraction of sp³-hybridized carbons (Fsp3) is 0.0769. The molecule has 5 aromatic rings. The van der Waals surface area contributed by atoms with Crippen molar-refractivity contribution in [3.63, 3.8) is 0 Å². The molecule has 0 saturated carbocycles. The Kier molecular flexibility index (Phi) is 4.14. The van der Waals surface area contributed by atoms with Crippen molar-refractivity contribution in [1.29, 1.82) is 0 Å². The third-order valence-corrected chi connectivity index (χ3v) is 6.50. The molecular formula is C26H21NS. The van der Waals surface area contributed by atoms with E-state index in [2.05, 4.69) is 104 Å². The molecule has 1 aromatic heterocycles. The summed E-state index contributed by atoms with van der Waals surface area (Å²) in [5.41, 5.74) is 4.84. The highest BCUT2D eigenvalue weighted by atomic mass is 32.1. The van der Waals surface area contributed by atoms with Crippen molar-refractivity contribution in [3.8, 4) is 0 Å². The second-order valence-electron chi connectivity index (χ2n) is 7.12. The van der Waals surface area contributed by atoms with Gasteiger partial charge in [-0.25, -0.2) is 0 Å². The van der Waals surface area contributed by atoms with Gasteiger partial charge in [-0.1, -0.05) is 54.6 Å². The van der Waals surface area contributed by atoms with Crippen LogP contribution in [-0.2, 0) is 0 Å². The van der Waals surface area contributed by atoms with E-state index in [4.69, 9.17) is 0 Å². The van der Waals surface area contributed by atoms with Crippen molar-refractivity contribution in [3.05, 3.63) is 90.0 Å². The van der Waals surface area contributed by atoms with Crippen LogP contribution in [0, 0.1) is 6.92 Å². The molecule has 136 valence electrons. The number of anilines is 2. The Hall–Kier alpha value is -3.10. The molecule has 28 heavy (non-hydrogen) atoms. The van der Waals surface area contributed by atoms with Crippen LogP contribution in [0.25, 0.3) is 37.0 Å². The molecule has 0 fully saturated rings. The summed E-state index contributed by atoms with van der Waals surface area (Å²) < 4.78 is 2.67. The van der Waals surface area contributed by atoms with Gasteiger partial charge in [0.2, 0.25) is 0 Å². The molecule has 0 aliphatic rings. The summed E-state index contributed by atoms with van der Waals surface area (Å²) in [4.78, 5) is 0. The first-order valence-electron chi connectivity index (χ1n) is 9.58. The third-order valence-electron chi connectivity index (χ3n) is 5.35. The van der Waals surface area contributed by atoms with Crippen LogP contribution in [0.4, 0.5) is 11.4 Å². The van der Waals surface area contributed by atoms with E-state index < -0.39 is 0 Å². The first kappa shape index (κ1) is 17.0.